The highest BCUT2D eigenvalue weighted by atomic mass is 16.5. The molecule has 0 fully saturated rings. The second kappa shape index (κ2) is 6.47. The summed E-state index contributed by atoms with van der Waals surface area (Å²) < 4.78 is 15.8. The van der Waals surface area contributed by atoms with E-state index in [-0.39, 0.29) is 0 Å². The third kappa shape index (κ3) is 2.68. The number of benzene rings is 1. The molecule has 102 valence electrons. The topological polar surface area (TPSA) is 73.9 Å². The first kappa shape index (κ1) is 14.6. The minimum absolute atomic E-state index is 0.483. The molecule has 5 nitrogen and oxygen atoms in total. The second-order valence-electron chi connectivity index (χ2n) is 3.92. The Bertz CT molecular complexity index is 395. The first-order chi connectivity index (χ1) is 8.60. The number of aliphatic hydroxyl groups excluding tert-OH is 1. The quantitative estimate of drug-likeness (QED) is 0.805. The van der Waals surface area contributed by atoms with Crippen LogP contribution in [-0.2, 0) is 0 Å². The van der Waals surface area contributed by atoms with Gasteiger partial charge in [0.25, 0.3) is 0 Å². The summed E-state index contributed by atoms with van der Waals surface area (Å²) in [6.07, 6.45) is -0.0597. The molecule has 0 saturated carbocycles. The summed E-state index contributed by atoms with van der Waals surface area (Å²) >= 11 is 0. The van der Waals surface area contributed by atoms with Crippen LogP contribution in [0.2, 0.25) is 0 Å². The number of methoxy groups -OCH3 is 3. The Morgan fingerprint density at radius 2 is 1.72 bits per heavy atom. The summed E-state index contributed by atoms with van der Waals surface area (Å²) in [4.78, 5) is 0. The highest BCUT2D eigenvalue weighted by molar-refractivity contribution is 5.56. The molecule has 1 aromatic carbocycles. The number of hydrogen-bond acceptors (Lipinski definition) is 5. The molecule has 0 aliphatic carbocycles. The van der Waals surface area contributed by atoms with Crippen LogP contribution in [0.4, 0.5) is 0 Å². The van der Waals surface area contributed by atoms with Crippen molar-refractivity contribution in [1.82, 2.24) is 0 Å². The molecule has 0 aliphatic rings. The monoisotopic (exact) mass is 255 g/mol. The molecule has 1 rings (SSSR count). The molecule has 0 radical (unpaired) electrons. The Morgan fingerprint density at radius 3 is 2.17 bits per heavy atom. The Hall–Kier alpha value is -1.46. The highest BCUT2D eigenvalue weighted by Gasteiger charge is 2.23. The van der Waals surface area contributed by atoms with Crippen LogP contribution in [0.25, 0.3) is 0 Å². The third-order valence-corrected chi connectivity index (χ3v) is 2.93. The maximum absolute atomic E-state index is 9.84. The number of nitrogens with two attached hydrogens (primary N) is 1. The molecular formula is C13H21NO4. The summed E-state index contributed by atoms with van der Waals surface area (Å²) in [5.41, 5.74) is 6.71. The predicted octanol–water partition coefficient (Wildman–Crippen LogP) is 1.48. The van der Waals surface area contributed by atoms with Gasteiger partial charge < -0.3 is 25.1 Å². The minimum atomic E-state index is -0.628. The lowest BCUT2D eigenvalue weighted by molar-refractivity contribution is 0.139. The maximum Gasteiger partial charge on any atom is 0.203 e. The van der Waals surface area contributed by atoms with E-state index in [2.05, 4.69) is 0 Å². The lowest BCUT2D eigenvalue weighted by Crippen LogP contribution is -2.26. The van der Waals surface area contributed by atoms with E-state index in [4.69, 9.17) is 19.9 Å². The summed E-state index contributed by atoms with van der Waals surface area (Å²) in [7, 11) is 4.62. The van der Waals surface area contributed by atoms with Crippen molar-refractivity contribution in [2.45, 2.75) is 25.5 Å². The van der Waals surface area contributed by atoms with Gasteiger partial charge in [-0.15, -0.1) is 0 Å². The van der Waals surface area contributed by atoms with E-state index in [1.807, 2.05) is 6.92 Å². The number of rotatable bonds is 6. The fraction of sp³-hybridized carbons (Fsp3) is 0.538. The summed E-state index contributed by atoms with van der Waals surface area (Å²) in [5, 5.41) is 9.84. The van der Waals surface area contributed by atoms with E-state index in [9.17, 15) is 5.11 Å². The smallest absolute Gasteiger partial charge is 0.203 e. The minimum Gasteiger partial charge on any atom is -0.493 e. The van der Waals surface area contributed by atoms with Gasteiger partial charge in [-0.25, -0.2) is 0 Å². The SMILES string of the molecule is CC[C@H](O)[C@H](N)c1ccc(OC)c(OC)c1OC. The van der Waals surface area contributed by atoms with E-state index in [1.54, 1.807) is 19.2 Å². The zero-order chi connectivity index (χ0) is 13.7. The molecule has 0 amide bonds. The lowest BCUT2D eigenvalue weighted by atomic mass is 9.99. The molecule has 0 heterocycles. The summed E-state index contributed by atoms with van der Waals surface area (Å²) in [6, 6.07) is 3.01. The van der Waals surface area contributed by atoms with E-state index in [1.165, 1.54) is 14.2 Å². The van der Waals surface area contributed by atoms with Crippen molar-refractivity contribution in [2.75, 3.05) is 21.3 Å². The zero-order valence-electron chi connectivity index (χ0n) is 11.3. The van der Waals surface area contributed by atoms with Gasteiger partial charge in [0.05, 0.1) is 33.5 Å². The summed E-state index contributed by atoms with van der Waals surface area (Å²) in [6.45, 7) is 1.87. The fourth-order valence-electron chi connectivity index (χ4n) is 1.85. The molecule has 0 spiro atoms. The summed E-state index contributed by atoms with van der Waals surface area (Å²) in [5.74, 6) is 1.55. The maximum atomic E-state index is 9.84. The molecule has 5 heteroatoms. The lowest BCUT2D eigenvalue weighted by Gasteiger charge is -2.22. The molecule has 0 saturated heterocycles. The van der Waals surface area contributed by atoms with Gasteiger partial charge in [0.2, 0.25) is 5.75 Å². The van der Waals surface area contributed by atoms with Crippen LogP contribution < -0.4 is 19.9 Å². The van der Waals surface area contributed by atoms with Gasteiger partial charge in [-0.3, -0.25) is 0 Å². The largest absolute Gasteiger partial charge is 0.493 e. The highest BCUT2D eigenvalue weighted by Crippen LogP contribution is 2.42. The van der Waals surface area contributed by atoms with Crippen molar-refractivity contribution in [3.63, 3.8) is 0 Å². The Kier molecular flexibility index (Phi) is 5.25. The van der Waals surface area contributed by atoms with Gasteiger partial charge in [0, 0.05) is 5.56 Å². The average molecular weight is 255 g/mol. The molecule has 3 N–H and O–H groups in total. The van der Waals surface area contributed by atoms with Gasteiger partial charge in [-0.2, -0.15) is 0 Å². The van der Waals surface area contributed by atoms with E-state index < -0.39 is 12.1 Å². The molecule has 0 bridgehead atoms. The second-order valence-corrected chi connectivity index (χ2v) is 3.92. The molecule has 1 aromatic rings. The Balaban J connectivity index is 3.28. The number of aliphatic hydroxyl groups is 1. The molecule has 0 unspecified atom stereocenters. The first-order valence-electron chi connectivity index (χ1n) is 5.83. The van der Waals surface area contributed by atoms with E-state index in [0.29, 0.717) is 29.2 Å². The van der Waals surface area contributed by atoms with Gasteiger partial charge in [-0.1, -0.05) is 6.92 Å². The van der Waals surface area contributed by atoms with Crippen LogP contribution in [0.5, 0.6) is 17.2 Å². The van der Waals surface area contributed by atoms with E-state index in [0.717, 1.165) is 0 Å². The van der Waals surface area contributed by atoms with Crippen LogP contribution in [0.1, 0.15) is 24.9 Å². The van der Waals surface area contributed by atoms with Gasteiger partial charge >= 0.3 is 0 Å². The van der Waals surface area contributed by atoms with Gasteiger partial charge in [0.1, 0.15) is 0 Å². The van der Waals surface area contributed by atoms with Crippen LogP contribution in [0.3, 0.4) is 0 Å². The third-order valence-electron chi connectivity index (χ3n) is 2.93. The van der Waals surface area contributed by atoms with Crippen LogP contribution in [0, 0.1) is 0 Å². The van der Waals surface area contributed by atoms with Crippen molar-refractivity contribution < 1.29 is 19.3 Å². The predicted molar refractivity (Wildman–Crippen MR) is 69.3 cm³/mol. The van der Waals surface area contributed by atoms with Gasteiger partial charge in [-0.05, 0) is 18.6 Å². The first-order valence-corrected chi connectivity index (χ1v) is 5.83. The normalized spacial score (nSPS) is 13.9. The van der Waals surface area contributed by atoms with Crippen LogP contribution in [0.15, 0.2) is 12.1 Å². The zero-order valence-corrected chi connectivity index (χ0v) is 11.3. The standard InChI is InChI=1S/C13H21NO4/c1-5-9(15)11(14)8-6-7-10(16-2)13(18-4)12(8)17-3/h6-7,9,11,15H,5,14H2,1-4H3/t9-,11+/m0/s1. The Labute approximate surface area is 107 Å². The van der Waals surface area contributed by atoms with Crippen molar-refractivity contribution in [3.8, 4) is 17.2 Å². The van der Waals surface area contributed by atoms with Crippen molar-refractivity contribution >= 4 is 0 Å². The van der Waals surface area contributed by atoms with Crippen molar-refractivity contribution in [3.05, 3.63) is 17.7 Å². The van der Waals surface area contributed by atoms with Crippen molar-refractivity contribution in [2.24, 2.45) is 5.73 Å². The van der Waals surface area contributed by atoms with Gasteiger partial charge in [0.15, 0.2) is 11.5 Å². The van der Waals surface area contributed by atoms with Crippen LogP contribution >= 0.6 is 0 Å². The molecule has 2 atom stereocenters. The average Bonchev–Trinajstić information content (AvgIpc) is 2.43. The van der Waals surface area contributed by atoms with Crippen LogP contribution in [-0.4, -0.2) is 32.5 Å². The molecule has 0 aromatic heterocycles. The molecular weight excluding hydrogens is 234 g/mol. The number of ether oxygens (including phenoxy) is 3. The fourth-order valence-corrected chi connectivity index (χ4v) is 1.85. The molecule has 0 aliphatic heterocycles. The molecule has 18 heavy (non-hydrogen) atoms. The Morgan fingerprint density at radius 1 is 1.11 bits per heavy atom. The number of hydrogen-bond donors (Lipinski definition) is 2. The van der Waals surface area contributed by atoms with Crippen molar-refractivity contribution in [1.29, 1.82) is 0 Å². The van der Waals surface area contributed by atoms with E-state index >= 15 is 0 Å².